The number of ether oxygens (including phenoxy) is 1. The Morgan fingerprint density at radius 2 is 1.83 bits per heavy atom. The Bertz CT molecular complexity index is 142. The fourth-order valence-corrected chi connectivity index (χ4v) is 0.921. The Kier molecular flexibility index (Phi) is 6.44. The topological polar surface area (TPSA) is 26.3 Å². The molecule has 1 aliphatic rings. The molecule has 0 atom stereocenters. The largest absolute Gasteiger partial charge is 0.463 e. The Labute approximate surface area is 74.6 Å². The SMILES string of the molecule is C1=CCCC1.CC(=O)OC(C)C. The summed E-state index contributed by atoms with van der Waals surface area (Å²) in [5.74, 6) is -0.213. The van der Waals surface area contributed by atoms with E-state index >= 15 is 0 Å². The van der Waals surface area contributed by atoms with Gasteiger partial charge in [0.25, 0.3) is 0 Å². The van der Waals surface area contributed by atoms with E-state index in [9.17, 15) is 4.79 Å². The monoisotopic (exact) mass is 170 g/mol. The molecule has 12 heavy (non-hydrogen) atoms. The van der Waals surface area contributed by atoms with Gasteiger partial charge in [-0.25, -0.2) is 0 Å². The van der Waals surface area contributed by atoms with E-state index in [0.717, 1.165) is 0 Å². The predicted molar refractivity (Wildman–Crippen MR) is 49.9 cm³/mol. The van der Waals surface area contributed by atoms with Gasteiger partial charge < -0.3 is 4.74 Å². The first-order chi connectivity index (χ1) is 5.63. The van der Waals surface area contributed by atoms with Gasteiger partial charge in [0.15, 0.2) is 0 Å². The molecule has 0 heterocycles. The van der Waals surface area contributed by atoms with Crippen LogP contribution >= 0.6 is 0 Å². The van der Waals surface area contributed by atoms with Gasteiger partial charge in [-0.05, 0) is 33.1 Å². The van der Waals surface area contributed by atoms with Crippen LogP contribution in [0.2, 0.25) is 0 Å². The molecule has 0 unspecified atom stereocenters. The summed E-state index contributed by atoms with van der Waals surface area (Å²) >= 11 is 0. The molecule has 0 aromatic rings. The Balaban J connectivity index is 0.000000211. The van der Waals surface area contributed by atoms with E-state index in [0.29, 0.717) is 0 Å². The highest BCUT2D eigenvalue weighted by Gasteiger charge is 1.93. The average molecular weight is 170 g/mol. The summed E-state index contributed by atoms with van der Waals surface area (Å²) in [4.78, 5) is 10.0. The number of carbonyl (C=O) groups excluding carboxylic acids is 1. The van der Waals surface area contributed by atoms with Crippen LogP contribution in [0.15, 0.2) is 12.2 Å². The molecule has 0 amide bonds. The van der Waals surface area contributed by atoms with E-state index in [4.69, 9.17) is 0 Å². The van der Waals surface area contributed by atoms with Gasteiger partial charge in [-0.1, -0.05) is 12.2 Å². The quantitative estimate of drug-likeness (QED) is 0.446. The second-order valence-electron chi connectivity index (χ2n) is 3.06. The second kappa shape index (κ2) is 6.89. The Hall–Kier alpha value is -0.790. The van der Waals surface area contributed by atoms with Crippen molar-refractivity contribution in [2.45, 2.75) is 46.1 Å². The summed E-state index contributed by atoms with van der Waals surface area (Å²) in [5, 5.41) is 0. The molecule has 1 rings (SSSR count). The second-order valence-corrected chi connectivity index (χ2v) is 3.06. The number of hydrogen-bond acceptors (Lipinski definition) is 2. The molecular formula is C10H18O2. The van der Waals surface area contributed by atoms with E-state index in [1.165, 1.54) is 26.2 Å². The van der Waals surface area contributed by atoms with E-state index in [1.807, 2.05) is 13.8 Å². The smallest absolute Gasteiger partial charge is 0.302 e. The van der Waals surface area contributed by atoms with Crippen molar-refractivity contribution in [3.63, 3.8) is 0 Å². The van der Waals surface area contributed by atoms with Crippen molar-refractivity contribution in [2.75, 3.05) is 0 Å². The first-order valence-corrected chi connectivity index (χ1v) is 4.45. The Morgan fingerprint density at radius 3 is 1.92 bits per heavy atom. The predicted octanol–water partition coefficient (Wildman–Crippen LogP) is 2.68. The standard InChI is InChI=1S/C5H10O2.C5H8/c1-4(2)7-5(3)6;1-2-4-5-3-1/h4H,1-3H3;1-2H,3-5H2. The maximum atomic E-state index is 10.0. The van der Waals surface area contributed by atoms with Crippen LogP contribution in [-0.4, -0.2) is 12.1 Å². The van der Waals surface area contributed by atoms with Crippen molar-refractivity contribution in [2.24, 2.45) is 0 Å². The van der Waals surface area contributed by atoms with Gasteiger partial charge in [-0.3, -0.25) is 4.79 Å². The summed E-state index contributed by atoms with van der Waals surface area (Å²) in [5.41, 5.74) is 0. The molecule has 2 heteroatoms. The highest BCUT2D eigenvalue weighted by Crippen LogP contribution is 2.05. The zero-order valence-corrected chi connectivity index (χ0v) is 8.17. The molecule has 0 spiro atoms. The first kappa shape index (κ1) is 11.2. The van der Waals surface area contributed by atoms with E-state index in [2.05, 4.69) is 16.9 Å². The van der Waals surface area contributed by atoms with Crippen LogP contribution < -0.4 is 0 Å². The number of carbonyl (C=O) groups is 1. The molecule has 0 saturated heterocycles. The van der Waals surface area contributed by atoms with Gasteiger partial charge in [0.2, 0.25) is 0 Å². The summed E-state index contributed by atoms with van der Waals surface area (Å²) in [6.07, 6.45) is 8.53. The van der Waals surface area contributed by atoms with Crippen LogP contribution in [0.1, 0.15) is 40.0 Å². The molecule has 0 bridgehead atoms. The highest BCUT2D eigenvalue weighted by atomic mass is 16.5. The van der Waals surface area contributed by atoms with Gasteiger partial charge in [-0.15, -0.1) is 0 Å². The van der Waals surface area contributed by atoms with Crippen molar-refractivity contribution in [3.8, 4) is 0 Å². The number of esters is 1. The molecule has 70 valence electrons. The van der Waals surface area contributed by atoms with Crippen LogP contribution in [0, 0.1) is 0 Å². The third kappa shape index (κ3) is 9.21. The number of hydrogen-bond donors (Lipinski definition) is 0. The summed E-state index contributed by atoms with van der Waals surface area (Å²) in [6.45, 7) is 5.04. The fraction of sp³-hybridized carbons (Fsp3) is 0.700. The number of allylic oxidation sites excluding steroid dienone is 2. The molecule has 0 aromatic heterocycles. The minimum Gasteiger partial charge on any atom is -0.463 e. The van der Waals surface area contributed by atoms with Crippen molar-refractivity contribution >= 4 is 5.97 Å². The minimum absolute atomic E-state index is 0.0255. The summed E-state index contributed by atoms with van der Waals surface area (Å²) < 4.78 is 4.61. The average Bonchev–Trinajstić information content (AvgIpc) is 2.36. The summed E-state index contributed by atoms with van der Waals surface area (Å²) in [6, 6.07) is 0. The van der Waals surface area contributed by atoms with Crippen LogP contribution in [0.5, 0.6) is 0 Å². The van der Waals surface area contributed by atoms with Crippen molar-refractivity contribution in [1.82, 2.24) is 0 Å². The normalized spacial score (nSPS) is 14.0. The van der Waals surface area contributed by atoms with Crippen LogP contribution in [0.3, 0.4) is 0 Å². The van der Waals surface area contributed by atoms with Gasteiger partial charge in [0.1, 0.15) is 0 Å². The third-order valence-corrected chi connectivity index (χ3v) is 1.31. The van der Waals surface area contributed by atoms with Gasteiger partial charge in [0.05, 0.1) is 6.10 Å². The molecule has 0 N–H and O–H groups in total. The van der Waals surface area contributed by atoms with Crippen LogP contribution in [0.4, 0.5) is 0 Å². The lowest BCUT2D eigenvalue weighted by Gasteiger charge is -2.01. The zero-order chi connectivity index (χ0) is 9.40. The van der Waals surface area contributed by atoms with Gasteiger partial charge >= 0.3 is 5.97 Å². The van der Waals surface area contributed by atoms with E-state index < -0.39 is 0 Å². The van der Waals surface area contributed by atoms with Crippen LogP contribution in [-0.2, 0) is 9.53 Å². The fourth-order valence-electron chi connectivity index (χ4n) is 0.921. The highest BCUT2D eigenvalue weighted by molar-refractivity contribution is 5.66. The number of rotatable bonds is 1. The molecule has 0 saturated carbocycles. The minimum atomic E-state index is -0.213. The molecule has 0 aromatic carbocycles. The van der Waals surface area contributed by atoms with Crippen molar-refractivity contribution in [3.05, 3.63) is 12.2 Å². The lowest BCUT2D eigenvalue weighted by molar-refractivity contribution is -0.144. The third-order valence-electron chi connectivity index (χ3n) is 1.31. The Morgan fingerprint density at radius 1 is 1.33 bits per heavy atom. The molecule has 0 radical (unpaired) electrons. The lowest BCUT2D eigenvalue weighted by Crippen LogP contribution is -2.06. The maximum Gasteiger partial charge on any atom is 0.302 e. The molecule has 0 fully saturated rings. The zero-order valence-electron chi connectivity index (χ0n) is 8.17. The maximum absolute atomic E-state index is 10.0. The van der Waals surface area contributed by atoms with Crippen molar-refractivity contribution in [1.29, 1.82) is 0 Å². The lowest BCUT2D eigenvalue weighted by atomic mass is 10.4. The summed E-state index contributed by atoms with van der Waals surface area (Å²) in [7, 11) is 0. The van der Waals surface area contributed by atoms with Crippen LogP contribution in [0.25, 0.3) is 0 Å². The first-order valence-electron chi connectivity index (χ1n) is 4.45. The molecule has 1 aliphatic carbocycles. The van der Waals surface area contributed by atoms with Gasteiger partial charge in [-0.2, -0.15) is 0 Å². The molecular weight excluding hydrogens is 152 g/mol. The van der Waals surface area contributed by atoms with Crippen molar-refractivity contribution < 1.29 is 9.53 Å². The van der Waals surface area contributed by atoms with Gasteiger partial charge in [0, 0.05) is 6.92 Å². The van der Waals surface area contributed by atoms with E-state index in [1.54, 1.807) is 0 Å². The molecule has 0 aliphatic heterocycles. The van der Waals surface area contributed by atoms with E-state index in [-0.39, 0.29) is 12.1 Å². The molecule has 2 nitrogen and oxygen atoms in total.